The Balaban J connectivity index is 2.55. The number of carbonyl (C=O) groups excluding carboxylic acids is 1. The number of benzene rings is 1. The molecule has 96 valence electrons. The molecule has 1 aliphatic heterocycles. The lowest BCUT2D eigenvalue weighted by Gasteiger charge is -2.11. The fraction of sp³-hybridized carbons (Fsp3) is 0.357. The van der Waals surface area contributed by atoms with Gasteiger partial charge >= 0.3 is 0 Å². The van der Waals surface area contributed by atoms with Gasteiger partial charge in [0, 0.05) is 18.1 Å². The third-order valence-electron chi connectivity index (χ3n) is 3.11. The highest BCUT2D eigenvalue weighted by Crippen LogP contribution is 2.44. The Kier molecular flexibility index (Phi) is 3.03. The van der Waals surface area contributed by atoms with Crippen molar-refractivity contribution in [3.05, 3.63) is 29.3 Å². The summed E-state index contributed by atoms with van der Waals surface area (Å²) in [5.41, 5.74) is 1.74. The normalized spacial score (nSPS) is 16.9. The Morgan fingerprint density at radius 3 is 2.72 bits per heavy atom. The van der Waals surface area contributed by atoms with E-state index in [4.69, 9.17) is 9.47 Å². The minimum Gasteiger partial charge on any atom is -0.507 e. The van der Waals surface area contributed by atoms with Gasteiger partial charge < -0.3 is 14.6 Å². The molecule has 0 saturated carbocycles. The first-order valence-corrected chi connectivity index (χ1v) is 5.71. The number of ether oxygens (including phenoxy) is 2. The molecule has 1 atom stereocenters. The summed E-state index contributed by atoms with van der Waals surface area (Å²) in [7, 11) is 1.46. The summed E-state index contributed by atoms with van der Waals surface area (Å²) in [5, 5.41) is 10.2. The number of rotatable bonds is 3. The van der Waals surface area contributed by atoms with E-state index in [2.05, 4.69) is 6.58 Å². The van der Waals surface area contributed by atoms with Gasteiger partial charge in [0.2, 0.25) is 0 Å². The quantitative estimate of drug-likeness (QED) is 0.659. The van der Waals surface area contributed by atoms with Gasteiger partial charge in [0.1, 0.15) is 28.9 Å². The first kappa shape index (κ1) is 12.5. The molecule has 0 bridgehead atoms. The number of fused-ring (bicyclic) bond motifs is 1. The molecule has 0 aliphatic carbocycles. The molecule has 0 radical (unpaired) electrons. The summed E-state index contributed by atoms with van der Waals surface area (Å²) in [6.07, 6.45) is 0.374. The van der Waals surface area contributed by atoms with Crippen LogP contribution in [-0.4, -0.2) is 24.1 Å². The van der Waals surface area contributed by atoms with Crippen molar-refractivity contribution in [2.75, 3.05) is 7.11 Å². The molecule has 2 rings (SSSR count). The van der Waals surface area contributed by atoms with Gasteiger partial charge in [-0.25, -0.2) is 0 Å². The molecule has 18 heavy (non-hydrogen) atoms. The van der Waals surface area contributed by atoms with Crippen molar-refractivity contribution in [3.63, 3.8) is 0 Å². The molecule has 1 aromatic rings. The third-order valence-corrected chi connectivity index (χ3v) is 3.11. The number of aromatic hydroxyl groups is 1. The van der Waals surface area contributed by atoms with Crippen molar-refractivity contribution in [1.29, 1.82) is 0 Å². The number of phenols is 1. The van der Waals surface area contributed by atoms with Gasteiger partial charge in [0.05, 0.1) is 7.11 Å². The average Bonchev–Trinajstić information content (AvgIpc) is 2.72. The lowest BCUT2D eigenvalue weighted by atomic mass is 10.00. The van der Waals surface area contributed by atoms with E-state index in [0.717, 1.165) is 5.57 Å². The molecular formula is C14H16O4. The van der Waals surface area contributed by atoms with Crippen LogP contribution in [0, 0.1) is 0 Å². The molecule has 0 unspecified atom stereocenters. The van der Waals surface area contributed by atoms with Crippen molar-refractivity contribution in [2.45, 2.75) is 26.4 Å². The molecule has 0 fully saturated rings. The predicted octanol–water partition coefficient (Wildman–Crippen LogP) is 2.48. The number of Topliss-reactive ketones (excluding diaryl/α,β-unsaturated/α-hetero) is 1. The summed E-state index contributed by atoms with van der Waals surface area (Å²) >= 11 is 0. The molecular weight excluding hydrogens is 232 g/mol. The lowest BCUT2D eigenvalue weighted by molar-refractivity contribution is 0.101. The zero-order chi connectivity index (χ0) is 13.4. The van der Waals surface area contributed by atoms with Crippen molar-refractivity contribution in [1.82, 2.24) is 0 Å². The Hall–Kier alpha value is -1.97. The van der Waals surface area contributed by atoms with Crippen LogP contribution in [0.1, 0.15) is 29.8 Å². The van der Waals surface area contributed by atoms with E-state index < -0.39 is 0 Å². The predicted molar refractivity (Wildman–Crippen MR) is 67.6 cm³/mol. The van der Waals surface area contributed by atoms with Gasteiger partial charge in [0.25, 0.3) is 0 Å². The molecule has 0 aromatic heterocycles. The molecule has 1 N–H and O–H groups in total. The number of hydrogen-bond acceptors (Lipinski definition) is 4. The zero-order valence-electron chi connectivity index (χ0n) is 10.7. The van der Waals surface area contributed by atoms with Crippen LogP contribution in [0.4, 0.5) is 0 Å². The number of ketones is 1. The minimum atomic E-state index is -0.231. The number of carbonyl (C=O) groups is 1. The van der Waals surface area contributed by atoms with E-state index in [0.29, 0.717) is 23.5 Å². The SMILES string of the molecule is C=C(C)[C@@H]1Cc2c(cc(OC)c(C(C)=O)c2O)O1. The largest absolute Gasteiger partial charge is 0.507 e. The fourth-order valence-corrected chi connectivity index (χ4v) is 2.12. The number of methoxy groups -OCH3 is 1. The summed E-state index contributed by atoms with van der Waals surface area (Å²) < 4.78 is 10.8. The summed E-state index contributed by atoms with van der Waals surface area (Å²) in [6, 6.07) is 1.65. The number of hydrogen-bond donors (Lipinski definition) is 1. The monoisotopic (exact) mass is 248 g/mol. The van der Waals surface area contributed by atoms with Crippen molar-refractivity contribution in [3.8, 4) is 17.2 Å². The molecule has 1 heterocycles. The van der Waals surface area contributed by atoms with Gasteiger partial charge in [0.15, 0.2) is 5.78 Å². The molecule has 0 amide bonds. The van der Waals surface area contributed by atoms with E-state index in [-0.39, 0.29) is 23.2 Å². The topological polar surface area (TPSA) is 55.8 Å². The zero-order valence-corrected chi connectivity index (χ0v) is 10.7. The first-order valence-electron chi connectivity index (χ1n) is 5.71. The van der Waals surface area contributed by atoms with Gasteiger partial charge in [-0.2, -0.15) is 0 Å². The van der Waals surface area contributed by atoms with Crippen LogP contribution in [0.5, 0.6) is 17.2 Å². The highest BCUT2D eigenvalue weighted by atomic mass is 16.5. The standard InChI is InChI=1S/C14H16O4/c1-7(2)10-5-9-11(18-10)6-12(17-4)13(8(3)15)14(9)16/h6,10,16H,1,5H2,2-4H3/t10-/m0/s1. The van der Waals surface area contributed by atoms with Gasteiger partial charge in [-0.3, -0.25) is 4.79 Å². The van der Waals surface area contributed by atoms with E-state index in [9.17, 15) is 9.90 Å². The minimum absolute atomic E-state index is 0.0411. The lowest BCUT2D eigenvalue weighted by Crippen LogP contribution is -2.13. The van der Waals surface area contributed by atoms with Crippen LogP contribution >= 0.6 is 0 Å². The maximum absolute atomic E-state index is 11.6. The van der Waals surface area contributed by atoms with Crippen LogP contribution in [-0.2, 0) is 6.42 Å². The maximum atomic E-state index is 11.6. The second-order valence-electron chi connectivity index (χ2n) is 4.49. The molecule has 4 heteroatoms. The van der Waals surface area contributed by atoms with Crippen molar-refractivity contribution < 1.29 is 19.4 Å². The Labute approximate surface area is 106 Å². The van der Waals surface area contributed by atoms with Gasteiger partial charge in [-0.05, 0) is 19.4 Å². The van der Waals surface area contributed by atoms with Crippen LogP contribution in [0.2, 0.25) is 0 Å². The van der Waals surface area contributed by atoms with Gasteiger partial charge in [-0.15, -0.1) is 0 Å². The summed E-state index contributed by atoms with van der Waals surface area (Å²) in [5.74, 6) is 0.620. The molecule has 0 saturated heterocycles. The number of phenolic OH excluding ortho intramolecular Hbond substituents is 1. The van der Waals surface area contributed by atoms with Gasteiger partial charge in [-0.1, -0.05) is 6.58 Å². The van der Waals surface area contributed by atoms with E-state index >= 15 is 0 Å². The fourth-order valence-electron chi connectivity index (χ4n) is 2.12. The first-order chi connectivity index (χ1) is 8.45. The highest BCUT2D eigenvalue weighted by molar-refractivity contribution is 6.00. The second-order valence-corrected chi connectivity index (χ2v) is 4.49. The van der Waals surface area contributed by atoms with Crippen LogP contribution in [0.25, 0.3) is 0 Å². The molecule has 1 aliphatic rings. The smallest absolute Gasteiger partial charge is 0.167 e. The molecule has 1 aromatic carbocycles. The van der Waals surface area contributed by atoms with Crippen LogP contribution in [0.3, 0.4) is 0 Å². The van der Waals surface area contributed by atoms with Crippen molar-refractivity contribution in [2.24, 2.45) is 0 Å². The summed E-state index contributed by atoms with van der Waals surface area (Å²) in [4.78, 5) is 11.6. The Morgan fingerprint density at radius 2 is 2.22 bits per heavy atom. The van der Waals surface area contributed by atoms with Crippen LogP contribution in [0.15, 0.2) is 18.2 Å². The van der Waals surface area contributed by atoms with Crippen LogP contribution < -0.4 is 9.47 Å². The van der Waals surface area contributed by atoms with Crippen molar-refractivity contribution >= 4 is 5.78 Å². The summed E-state index contributed by atoms with van der Waals surface area (Å²) in [6.45, 7) is 7.12. The average molecular weight is 248 g/mol. The van der Waals surface area contributed by atoms with E-state index in [1.807, 2.05) is 6.92 Å². The highest BCUT2D eigenvalue weighted by Gasteiger charge is 2.30. The molecule has 0 spiro atoms. The molecule has 4 nitrogen and oxygen atoms in total. The Morgan fingerprint density at radius 1 is 1.56 bits per heavy atom. The third kappa shape index (κ3) is 1.83. The van der Waals surface area contributed by atoms with E-state index in [1.54, 1.807) is 6.07 Å². The van der Waals surface area contributed by atoms with E-state index in [1.165, 1.54) is 14.0 Å². The second kappa shape index (κ2) is 4.37. The Bertz CT molecular complexity index is 531. The maximum Gasteiger partial charge on any atom is 0.167 e.